The van der Waals surface area contributed by atoms with Gasteiger partial charge in [0.1, 0.15) is 5.82 Å². The van der Waals surface area contributed by atoms with Crippen LogP contribution in [-0.2, 0) is 6.42 Å². The van der Waals surface area contributed by atoms with E-state index in [2.05, 4.69) is 18.2 Å². The summed E-state index contributed by atoms with van der Waals surface area (Å²) in [6, 6.07) is 17.3. The second-order valence-corrected chi connectivity index (χ2v) is 6.08. The lowest BCUT2D eigenvalue weighted by Gasteiger charge is -2.09. The van der Waals surface area contributed by atoms with Crippen LogP contribution in [0.25, 0.3) is 10.1 Å². The van der Waals surface area contributed by atoms with Crippen molar-refractivity contribution in [2.24, 2.45) is 5.73 Å². The molecule has 0 spiro atoms. The van der Waals surface area contributed by atoms with Crippen LogP contribution in [0.3, 0.4) is 0 Å². The fourth-order valence-corrected chi connectivity index (χ4v) is 3.44. The van der Waals surface area contributed by atoms with Crippen LogP contribution in [-0.4, -0.2) is 0 Å². The van der Waals surface area contributed by atoms with Gasteiger partial charge in [-0.25, -0.2) is 4.39 Å². The van der Waals surface area contributed by atoms with Crippen molar-refractivity contribution in [3.05, 3.63) is 70.9 Å². The molecule has 0 bridgehead atoms. The van der Waals surface area contributed by atoms with Gasteiger partial charge in [0.15, 0.2) is 0 Å². The maximum atomic E-state index is 13.2. The maximum Gasteiger partial charge on any atom is 0.124 e. The van der Waals surface area contributed by atoms with Crippen molar-refractivity contribution in [1.82, 2.24) is 0 Å². The molecule has 20 heavy (non-hydrogen) atoms. The van der Waals surface area contributed by atoms with Crippen LogP contribution in [0.15, 0.2) is 54.6 Å². The number of nitrogens with two attached hydrogens (primary N) is 1. The van der Waals surface area contributed by atoms with Gasteiger partial charge in [-0.1, -0.05) is 36.4 Å². The molecule has 3 heteroatoms. The summed E-state index contributed by atoms with van der Waals surface area (Å²) >= 11 is 1.59. The molecule has 1 heterocycles. The molecule has 0 saturated carbocycles. The van der Waals surface area contributed by atoms with Gasteiger partial charge >= 0.3 is 0 Å². The predicted molar refractivity (Wildman–Crippen MR) is 83.5 cm³/mol. The van der Waals surface area contributed by atoms with Gasteiger partial charge in [0.25, 0.3) is 0 Å². The average molecular weight is 285 g/mol. The molecule has 0 aliphatic rings. The number of rotatable bonds is 4. The van der Waals surface area contributed by atoms with Gasteiger partial charge in [-0.15, -0.1) is 11.3 Å². The summed E-state index contributed by atoms with van der Waals surface area (Å²) in [6.45, 7) is 0. The molecular weight excluding hydrogens is 269 g/mol. The monoisotopic (exact) mass is 285 g/mol. The first-order chi connectivity index (χ1) is 9.72. The van der Waals surface area contributed by atoms with Gasteiger partial charge in [0, 0.05) is 15.6 Å². The van der Waals surface area contributed by atoms with Crippen LogP contribution in [0.2, 0.25) is 0 Å². The lowest BCUT2D eigenvalue weighted by Crippen LogP contribution is -2.09. The summed E-state index contributed by atoms with van der Waals surface area (Å²) in [7, 11) is 0. The van der Waals surface area contributed by atoms with Gasteiger partial charge in [-0.2, -0.15) is 0 Å². The Labute approximate surface area is 121 Å². The van der Waals surface area contributed by atoms with E-state index in [1.54, 1.807) is 17.4 Å². The van der Waals surface area contributed by atoms with Crippen molar-refractivity contribution in [2.75, 3.05) is 0 Å². The topological polar surface area (TPSA) is 26.0 Å². The highest BCUT2D eigenvalue weighted by atomic mass is 32.1. The van der Waals surface area contributed by atoms with Gasteiger partial charge in [0.05, 0.1) is 0 Å². The molecule has 0 saturated heterocycles. The molecule has 1 unspecified atom stereocenters. The summed E-state index contributed by atoms with van der Waals surface area (Å²) in [5, 5.41) is 1.07. The average Bonchev–Trinajstić information content (AvgIpc) is 2.89. The Balaban J connectivity index is 1.73. The fourth-order valence-electron chi connectivity index (χ4n) is 2.32. The molecule has 1 atom stereocenters. The van der Waals surface area contributed by atoms with Crippen molar-refractivity contribution in [3.63, 3.8) is 0 Å². The van der Waals surface area contributed by atoms with Crippen LogP contribution < -0.4 is 5.73 Å². The lowest BCUT2D eigenvalue weighted by atomic mass is 10.0. The molecule has 3 rings (SSSR count). The van der Waals surface area contributed by atoms with Crippen LogP contribution >= 0.6 is 11.3 Å². The van der Waals surface area contributed by atoms with Crippen molar-refractivity contribution in [1.29, 1.82) is 0 Å². The first kappa shape index (κ1) is 13.3. The van der Waals surface area contributed by atoms with E-state index in [0.29, 0.717) is 0 Å². The van der Waals surface area contributed by atoms with Gasteiger partial charge in [-0.3, -0.25) is 0 Å². The third kappa shape index (κ3) is 2.89. The Bertz CT molecular complexity index is 705. The minimum Gasteiger partial charge on any atom is -0.323 e. The van der Waals surface area contributed by atoms with Crippen LogP contribution in [0, 0.1) is 5.82 Å². The highest BCUT2D eigenvalue weighted by molar-refractivity contribution is 7.19. The number of hydrogen-bond donors (Lipinski definition) is 1. The highest BCUT2D eigenvalue weighted by Crippen LogP contribution is 2.31. The molecule has 0 radical (unpaired) electrons. The molecule has 0 amide bonds. The Kier molecular flexibility index (Phi) is 3.81. The van der Waals surface area contributed by atoms with Gasteiger partial charge in [-0.05, 0) is 42.0 Å². The standard InChI is InChI=1S/C17H16FNS/c18-14-8-7-13-10-17(20-16(13)11-14)15(19)9-6-12-4-2-1-3-5-12/h1-5,7-8,10-11,15H,6,9,19H2. The molecule has 2 N–H and O–H groups in total. The van der Waals surface area contributed by atoms with Crippen LogP contribution in [0.5, 0.6) is 0 Å². The molecule has 0 fully saturated rings. The van der Waals surface area contributed by atoms with Crippen molar-refractivity contribution in [3.8, 4) is 0 Å². The first-order valence-electron chi connectivity index (χ1n) is 6.71. The molecule has 1 aromatic heterocycles. The largest absolute Gasteiger partial charge is 0.323 e. The second kappa shape index (κ2) is 5.73. The predicted octanol–water partition coefficient (Wildman–Crippen LogP) is 4.67. The maximum absolute atomic E-state index is 13.2. The number of halogens is 1. The van der Waals surface area contributed by atoms with Gasteiger partial charge in [0.2, 0.25) is 0 Å². The summed E-state index contributed by atoms with van der Waals surface area (Å²) in [6.07, 6.45) is 1.87. The zero-order valence-electron chi connectivity index (χ0n) is 11.1. The molecule has 2 aromatic carbocycles. The smallest absolute Gasteiger partial charge is 0.124 e. The highest BCUT2D eigenvalue weighted by Gasteiger charge is 2.10. The summed E-state index contributed by atoms with van der Waals surface area (Å²) < 4.78 is 14.2. The lowest BCUT2D eigenvalue weighted by molar-refractivity contribution is 0.630. The molecule has 3 aromatic rings. The van der Waals surface area contributed by atoms with E-state index in [9.17, 15) is 4.39 Å². The van der Waals surface area contributed by atoms with Crippen LogP contribution in [0.4, 0.5) is 4.39 Å². The summed E-state index contributed by atoms with van der Waals surface area (Å²) in [5.74, 6) is -0.191. The Morgan fingerprint density at radius 2 is 1.85 bits per heavy atom. The molecule has 102 valence electrons. The number of hydrogen-bond acceptors (Lipinski definition) is 2. The van der Waals surface area contributed by atoms with E-state index in [1.165, 1.54) is 11.6 Å². The second-order valence-electron chi connectivity index (χ2n) is 4.96. The van der Waals surface area contributed by atoms with Crippen molar-refractivity contribution in [2.45, 2.75) is 18.9 Å². The molecule has 1 nitrogen and oxygen atoms in total. The zero-order valence-corrected chi connectivity index (χ0v) is 11.9. The summed E-state index contributed by atoms with van der Waals surface area (Å²) in [5.41, 5.74) is 7.56. The van der Waals surface area contributed by atoms with E-state index >= 15 is 0 Å². The Morgan fingerprint density at radius 3 is 2.65 bits per heavy atom. The normalized spacial score (nSPS) is 12.7. The van der Waals surface area contributed by atoms with E-state index in [-0.39, 0.29) is 11.9 Å². The molecule has 0 aliphatic carbocycles. The zero-order chi connectivity index (χ0) is 13.9. The van der Waals surface area contributed by atoms with Crippen LogP contribution in [0.1, 0.15) is 22.9 Å². The van der Waals surface area contributed by atoms with E-state index < -0.39 is 0 Å². The first-order valence-corrected chi connectivity index (χ1v) is 7.52. The Hall–Kier alpha value is -1.71. The number of benzene rings is 2. The molecule has 0 aliphatic heterocycles. The fraction of sp³-hybridized carbons (Fsp3) is 0.176. The SMILES string of the molecule is NC(CCc1ccccc1)c1cc2ccc(F)cc2s1. The van der Waals surface area contributed by atoms with E-state index in [1.807, 2.05) is 24.3 Å². The number of thiophene rings is 1. The van der Waals surface area contributed by atoms with Crippen molar-refractivity contribution < 1.29 is 4.39 Å². The third-order valence-electron chi connectivity index (χ3n) is 3.45. The van der Waals surface area contributed by atoms with E-state index in [0.717, 1.165) is 27.8 Å². The number of aryl methyl sites for hydroxylation is 1. The quantitative estimate of drug-likeness (QED) is 0.740. The van der Waals surface area contributed by atoms with Crippen molar-refractivity contribution >= 4 is 21.4 Å². The Morgan fingerprint density at radius 1 is 1.05 bits per heavy atom. The summed E-state index contributed by atoms with van der Waals surface area (Å²) in [4.78, 5) is 1.13. The minimum atomic E-state index is -0.191. The third-order valence-corrected chi connectivity index (χ3v) is 4.68. The minimum absolute atomic E-state index is 0.00988. The van der Waals surface area contributed by atoms with E-state index in [4.69, 9.17) is 5.73 Å². The van der Waals surface area contributed by atoms with Gasteiger partial charge < -0.3 is 5.73 Å². The number of fused-ring (bicyclic) bond motifs is 1. The molecular formula is C17H16FNS.